The number of aliphatic carboxylic acids is 1. The molecule has 1 saturated heterocycles. The highest BCUT2D eigenvalue weighted by Crippen LogP contribution is 2.37. The van der Waals surface area contributed by atoms with E-state index in [1.807, 2.05) is 6.92 Å². The van der Waals surface area contributed by atoms with Crippen molar-refractivity contribution in [1.82, 2.24) is 0 Å². The molecule has 0 radical (unpaired) electrons. The van der Waals surface area contributed by atoms with Gasteiger partial charge in [-0.2, -0.15) is 0 Å². The second kappa shape index (κ2) is 10.4. The number of Topliss-reactive ketones (excluding diaryl/α,β-unsaturated/α-hetero) is 1. The molecule has 1 heterocycles. The quantitative estimate of drug-likeness (QED) is 0.324. The van der Waals surface area contributed by atoms with Crippen LogP contribution in [-0.2, 0) is 9.59 Å². The van der Waals surface area contributed by atoms with E-state index in [-0.39, 0.29) is 24.7 Å². The minimum atomic E-state index is -0.949. The summed E-state index contributed by atoms with van der Waals surface area (Å²) in [5.74, 6) is -0.437. The van der Waals surface area contributed by atoms with Crippen molar-refractivity contribution < 1.29 is 29.0 Å². The van der Waals surface area contributed by atoms with Crippen LogP contribution < -0.4 is 14.4 Å². The standard InChI is InChI=1S/C23H21NO6S2/c1-3-29-19-11-15(7-8-18(19)30-10-9-21(26)27)12-20-22(28)24(23(31)32-20)17-6-4-5-16(13-17)14(2)25/h4-8,11-13H,3,9-10H2,1-2H3,(H,26,27)/b20-12+. The molecule has 7 nitrogen and oxygen atoms in total. The van der Waals surface area contributed by atoms with Crippen molar-refractivity contribution in [1.29, 1.82) is 0 Å². The summed E-state index contributed by atoms with van der Waals surface area (Å²) in [6, 6.07) is 11.9. The fourth-order valence-corrected chi connectivity index (χ4v) is 4.25. The number of thioether (sulfide) groups is 1. The van der Waals surface area contributed by atoms with Gasteiger partial charge in [-0.15, -0.1) is 0 Å². The minimum absolute atomic E-state index is 0.0206. The molecule has 9 heteroatoms. The highest BCUT2D eigenvalue weighted by atomic mass is 32.2. The minimum Gasteiger partial charge on any atom is -0.490 e. The van der Waals surface area contributed by atoms with Gasteiger partial charge in [0, 0.05) is 5.56 Å². The Labute approximate surface area is 195 Å². The van der Waals surface area contributed by atoms with Crippen LogP contribution in [0.3, 0.4) is 0 Å². The van der Waals surface area contributed by atoms with Gasteiger partial charge >= 0.3 is 5.97 Å². The van der Waals surface area contributed by atoms with Crippen LogP contribution in [0.1, 0.15) is 36.2 Å². The summed E-state index contributed by atoms with van der Waals surface area (Å²) < 4.78 is 11.5. The number of ketones is 1. The third-order valence-corrected chi connectivity index (χ3v) is 5.75. The molecular weight excluding hydrogens is 450 g/mol. The van der Waals surface area contributed by atoms with Gasteiger partial charge in [0.2, 0.25) is 0 Å². The van der Waals surface area contributed by atoms with E-state index < -0.39 is 5.97 Å². The van der Waals surface area contributed by atoms with Crippen LogP contribution in [0, 0.1) is 0 Å². The summed E-state index contributed by atoms with van der Waals surface area (Å²) in [7, 11) is 0. The Balaban J connectivity index is 1.85. The zero-order chi connectivity index (χ0) is 23.3. The van der Waals surface area contributed by atoms with Crippen LogP contribution in [0.4, 0.5) is 5.69 Å². The Bertz CT molecular complexity index is 1110. The smallest absolute Gasteiger partial charge is 0.306 e. The molecule has 0 bridgehead atoms. The lowest BCUT2D eigenvalue weighted by molar-refractivity contribution is -0.137. The predicted molar refractivity (Wildman–Crippen MR) is 127 cm³/mol. The number of hydrogen-bond acceptors (Lipinski definition) is 7. The molecule has 2 aromatic rings. The number of amides is 1. The summed E-state index contributed by atoms with van der Waals surface area (Å²) in [5, 5.41) is 8.78. The van der Waals surface area contributed by atoms with Crippen molar-refractivity contribution in [3.63, 3.8) is 0 Å². The molecule has 1 amide bonds. The average Bonchev–Trinajstić information content (AvgIpc) is 3.02. The molecule has 1 aliphatic heterocycles. The zero-order valence-electron chi connectivity index (χ0n) is 17.5. The number of hydrogen-bond donors (Lipinski definition) is 1. The molecule has 3 rings (SSSR count). The van der Waals surface area contributed by atoms with E-state index in [9.17, 15) is 14.4 Å². The summed E-state index contributed by atoms with van der Waals surface area (Å²) in [6.45, 7) is 3.71. The van der Waals surface area contributed by atoms with Crippen LogP contribution in [-0.4, -0.2) is 40.3 Å². The summed E-state index contributed by atoms with van der Waals surface area (Å²) >= 11 is 6.58. The Morgan fingerprint density at radius 1 is 1.16 bits per heavy atom. The van der Waals surface area contributed by atoms with Crippen molar-refractivity contribution in [2.24, 2.45) is 0 Å². The van der Waals surface area contributed by atoms with Gasteiger partial charge in [0.05, 0.1) is 30.2 Å². The molecular formula is C23H21NO6S2. The van der Waals surface area contributed by atoms with Crippen molar-refractivity contribution in [3.8, 4) is 11.5 Å². The number of thiocarbonyl (C=S) groups is 1. The molecule has 1 fully saturated rings. The van der Waals surface area contributed by atoms with E-state index in [4.69, 9.17) is 26.8 Å². The summed E-state index contributed by atoms with van der Waals surface area (Å²) in [6.07, 6.45) is 1.58. The number of carbonyl (C=O) groups is 3. The molecule has 32 heavy (non-hydrogen) atoms. The number of carboxylic acids is 1. The number of carbonyl (C=O) groups excluding carboxylic acids is 2. The molecule has 0 aromatic heterocycles. The molecule has 166 valence electrons. The number of carboxylic acid groups (broad SMARTS) is 1. The van der Waals surface area contributed by atoms with Gasteiger partial charge in [0.15, 0.2) is 21.6 Å². The predicted octanol–water partition coefficient (Wildman–Crippen LogP) is 4.55. The SMILES string of the molecule is CCOc1cc(/C=C2/SC(=S)N(c3cccc(C(C)=O)c3)C2=O)ccc1OCCC(=O)O. The first kappa shape index (κ1) is 23.5. The van der Waals surface area contributed by atoms with Gasteiger partial charge in [0.25, 0.3) is 5.91 Å². The maximum absolute atomic E-state index is 13.0. The van der Waals surface area contributed by atoms with E-state index in [2.05, 4.69) is 0 Å². The molecule has 0 spiro atoms. The topological polar surface area (TPSA) is 93.1 Å². The second-order valence-electron chi connectivity index (χ2n) is 6.76. The largest absolute Gasteiger partial charge is 0.490 e. The van der Waals surface area contributed by atoms with Gasteiger partial charge in [-0.05, 0) is 49.8 Å². The van der Waals surface area contributed by atoms with E-state index >= 15 is 0 Å². The van der Waals surface area contributed by atoms with E-state index in [1.165, 1.54) is 23.6 Å². The third-order valence-electron chi connectivity index (χ3n) is 4.44. The second-order valence-corrected chi connectivity index (χ2v) is 8.43. The number of ether oxygens (including phenoxy) is 2. The average molecular weight is 472 g/mol. The Morgan fingerprint density at radius 2 is 1.94 bits per heavy atom. The lowest BCUT2D eigenvalue weighted by atomic mass is 10.1. The molecule has 0 aliphatic carbocycles. The van der Waals surface area contributed by atoms with Crippen LogP contribution in [0.2, 0.25) is 0 Å². The highest BCUT2D eigenvalue weighted by molar-refractivity contribution is 8.27. The highest BCUT2D eigenvalue weighted by Gasteiger charge is 2.33. The lowest BCUT2D eigenvalue weighted by Gasteiger charge is -2.15. The number of rotatable bonds is 9. The first-order valence-corrected chi connectivity index (χ1v) is 11.0. The fraction of sp³-hybridized carbons (Fsp3) is 0.217. The molecule has 1 aliphatic rings. The fourth-order valence-electron chi connectivity index (χ4n) is 2.96. The lowest BCUT2D eigenvalue weighted by Crippen LogP contribution is -2.27. The molecule has 2 aromatic carbocycles. The molecule has 0 atom stereocenters. The van der Waals surface area contributed by atoms with E-state index in [0.29, 0.717) is 44.1 Å². The van der Waals surface area contributed by atoms with E-state index in [1.54, 1.807) is 48.5 Å². The normalized spacial score (nSPS) is 14.7. The summed E-state index contributed by atoms with van der Waals surface area (Å²) in [5.41, 5.74) is 1.75. The molecule has 1 N–H and O–H groups in total. The van der Waals surface area contributed by atoms with Crippen LogP contribution in [0.15, 0.2) is 47.4 Å². The molecule has 0 saturated carbocycles. The monoisotopic (exact) mass is 471 g/mol. The van der Waals surface area contributed by atoms with E-state index in [0.717, 1.165) is 0 Å². The van der Waals surface area contributed by atoms with Crippen molar-refractivity contribution in [2.75, 3.05) is 18.1 Å². The van der Waals surface area contributed by atoms with Gasteiger partial charge in [-0.25, -0.2) is 0 Å². The first-order chi connectivity index (χ1) is 15.3. The van der Waals surface area contributed by atoms with Gasteiger partial charge in [0.1, 0.15) is 0 Å². The number of nitrogens with zero attached hydrogens (tertiary/aromatic N) is 1. The Morgan fingerprint density at radius 3 is 2.62 bits per heavy atom. The van der Waals surface area contributed by atoms with Crippen LogP contribution >= 0.6 is 24.0 Å². The maximum Gasteiger partial charge on any atom is 0.306 e. The Kier molecular flexibility index (Phi) is 7.66. The number of anilines is 1. The van der Waals surface area contributed by atoms with Gasteiger partial charge < -0.3 is 14.6 Å². The summed E-state index contributed by atoms with van der Waals surface area (Å²) in [4.78, 5) is 37.3. The van der Waals surface area contributed by atoms with Crippen LogP contribution in [0.25, 0.3) is 6.08 Å². The maximum atomic E-state index is 13.0. The van der Waals surface area contributed by atoms with Gasteiger partial charge in [-0.3, -0.25) is 19.3 Å². The first-order valence-electron chi connectivity index (χ1n) is 9.80. The molecule has 0 unspecified atom stereocenters. The van der Waals surface area contributed by atoms with Crippen molar-refractivity contribution in [2.45, 2.75) is 20.3 Å². The Hall–Kier alpha value is -3.17. The zero-order valence-corrected chi connectivity index (χ0v) is 19.1. The third kappa shape index (κ3) is 5.54. The van der Waals surface area contributed by atoms with Gasteiger partial charge in [-0.1, -0.05) is 42.2 Å². The van der Waals surface area contributed by atoms with Crippen molar-refractivity contribution >= 4 is 57.7 Å². The van der Waals surface area contributed by atoms with Crippen LogP contribution in [0.5, 0.6) is 11.5 Å². The van der Waals surface area contributed by atoms with Crippen molar-refractivity contribution in [3.05, 3.63) is 58.5 Å². The number of benzene rings is 2.